The molecule has 0 aromatic carbocycles. The second-order valence-corrected chi connectivity index (χ2v) is 5.03. The SMILES string of the molecule is OC1(CCCC(F)(F)F)CCCC(C(F)(F)F)C1. The number of alkyl halides is 6. The minimum absolute atomic E-state index is 0.0505. The van der Waals surface area contributed by atoms with Gasteiger partial charge in [-0.05, 0) is 38.5 Å². The molecule has 108 valence electrons. The van der Waals surface area contributed by atoms with E-state index in [-0.39, 0.29) is 32.1 Å². The molecule has 1 N–H and O–H groups in total. The third kappa shape index (κ3) is 5.04. The van der Waals surface area contributed by atoms with Crippen LogP contribution in [0.2, 0.25) is 0 Å². The zero-order valence-electron chi connectivity index (χ0n) is 9.74. The Labute approximate surface area is 101 Å². The summed E-state index contributed by atoms with van der Waals surface area (Å²) < 4.78 is 73.3. The second kappa shape index (κ2) is 5.27. The lowest BCUT2D eigenvalue weighted by atomic mass is 9.75. The normalized spacial score (nSPS) is 30.5. The maximum absolute atomic E-state index is 12.5. The van der Waals surface area contributed by atoms with E-state index >= 15 is 0 Å². The molecule has 7 heteroatoms. The van der Waals surface area contributed by atoms with E-state index in [1.165, 1.54) is 0 Å². The minimum atomic E-state index is -4.38. The van der Waals surface area contributed by atoms with Crippen molar-refractivity contribution in [3.63, 3.8) is 0 Å². The molecule has 1 aliphatic rings. The van der Waals surface area contributed by atoms with Crippen LogP contribution in [0.1, 0.15) is 44.9 Å². The molecule has 2 atom stereocenters. The Hall–Kier alpha value is -0.460. The molecular formula is C11H16F6O. The molecule has 18 heavy (non-hydrogen) atoms. The van der Waals surface area contributed by atoms with Crippen LogP contribution in [0, 0.1) is 5.92 Å². The van der Waals surface area contributed by atoms with Crippen molar-refractivity contribution in [1.82, 2.24) is 0 Å². The van der Waals surface area contributed by atoms with Gasteiger partial charge in [0.15, 0.2) is 0 Å². The van der Waals surface area contributed by atoms with Crippen LogP contribution < -0.4 is 0 Å². The molecule has 2 unspecified atom stereocenters. The number of aliphatic hydroxyl groups is 1. The third-order valence-corrected chi connectivity index (χ3v) is 3.39. The molecule has 0 radical (unpaired) electrons. The van der Waals surface area contributed by atoms with Crippen LogP contribution >= 0.6 is 0 Å². The molecule has 1 rings (SSSR count). The quantitative estimate of drug-likeness (QED) is 0.767. The van der Waals surface area contributed by atoms with Gasteiger partial charge in [0.05, 0.1) is 11.5 Å². The highest BCUT2D eigenvalue weighted by atomic mass is 19.4. The van der Waals surface area contributed by atoms with Crippen molar-refractivity contribution < 1.29 is 31.4 Å². The van der Waals surface area contributed by atoms with Crippen LogP contribution in [0.15, 0.2) is 0 Å². The summed E-state index contributed by atoms with van der Waals surface area (Å²) in [6.45, 7) is 0. The first-order valence-corrected chi connectivity index (χ1v) is 5.88. The standard InChI is InChI=1S/C11H16F6O/c12-10(13,14)6-2-5-9(18)4-1-3-8(7-9)11(15,16)17/h8,18H,1-7H2. The summed E-state index contributed by atoms with van der Waals surface area (Å²) in [5.74, 6) is -1.60. The molecular weight excluding hydrogens is 262 g/mol. The van der Waals surface area contributed by atoms with Crippen LogP contribution in [-0.2, 0) is 0 Å². The van der Waals surface area contributed by atoms with E-state index in [2.05, 4.69) is 0 Å². The van der Waals surface area contributed by atoms with Gasteiger partial charge in [0.2, 0.25) is 0 Å². The Bertz CT molecular complexity index is 272. The third-order valence-electron chi connectivity index (χ3n) is 3.39. The van der Waals surface area contributed by atoms with E-state index in [0.29, 0.717) is 0 Å². The second-order valence-electron chi connectivity index (χ2n) is 5.03. The smallest absolute Gasteiger partial charge is 0.390 e. The van der Waals surface area contributed by atoms with Gasteiger partial charge in [-0.25, -0.2) is 0 Å². The van der Waals surface area contributed by atoms with Gasteiger partial charge in [-0.2, -0.15) is 26.3 Å². The number of hydrogen-bond acceptors (Lipinski definition) is 1. The molecule has 0 heterocycles. The zero-order valence-corrected chi connectivity index (χ0v) is 9.74. The first-order valence-electron chi connectivity index (χ1n) is 5.88. The molecule has 0 aromatic heterocycles. The fraction of sp³-hybridized carbons (Fsp3) is 1.00. The van der Waals surface area contributed by atoms with Crippen molar-refractivity contribution in [2.45, 2.75) is 62.9 Å². The largest absolute Gasteiger partial charge is 0.391 e. The Kier molecular flexibility index (Phi) is 4.56. The summed E-state index contributed by atoms with van der Waals surface area (Å²) in [6.07, 6.45) is -10.5. The lowest BCUT2D eigenvalue weighted by molar-refractivity contribution is -0.202. The van der Waals surface area contributed by atoms with Crippen LogP contribution in [-0.4, -0.2) is 23.1 Å². The number of hydrogen-bond donors (Lipinski definition) is 1. The summed E-state index contributed by atoms with van der Waals surface area (Å²) >= 11 is 0. The average Bonchev–Trinajstić information content (AvgIpc) is 2.13. The lowest BCUT2D eigenvalue weighted by Crippen LogP contribution is -2.40. The summed E-state index contributed by atoms with van der Waals surface area (Å²) in [7, 11) is 0. The van der Waals surface area contributed by atoms with Crippen molar-refractivity contribution in [3.05, 3.63) is 0 Å². The highest BCUT2D eigenvalue weighted by molar-refractivity contribution is 4.89. The topological polar surface area (TPSA) is 20.2 Å². The number of rotatable bonds is 3. The Morgan fingerprint density at radius 3 is 2.22 bits per heavy atom. The summed E-state index contributed by atoms with van der Waals surface area (Å²) in [5.41, 5.74) is -1.59. The molecule has 1 saturated carbocycles. The maximum Gasteiger partial charge on any atom is 0.391 e. The molecule has 0 aliphatic heterocycles. The summed E-state index contributed by atoms with van der Waals surface area (Å²) in [4.78, 5) is 0. The van der Waals surface area contributed by atoms with Crippen LogP contribution in [0.25, 0.3) is 0 Å². The van der Waals surface area contributed by atoms with Gasteiger partial charge < -0.3 is 5.11 Å². The first-order chi connectivity index (χ1) is 8.02. The fourth-order valence-electron chi connectivity index (χ4n) is 2.46. The van der Waals surface area contributed by atoms with Crippen molar-refractivity contribution in [2.75, 3.05) is 0 Å². The first kappa shape index (κ1) is 15.6. The highest BCUT2D eigenvalue weighted by Crippen LogP contribution is 2.43. The van der Waals surface area contributed by atoms with Crippen molar-refractivity contribution in [2.24, 2.45) is 5.92 Å². The zero-order chi connectivity index (χ0) is 14.0. The van der Waals surface area contributed by atoms with Gasteiger partial charge >= 0.3 is 12.4 Å². The molecule has 1 aliphatic carbocycles. The van der Waals surface area contributed by atoms with E-state index < -0.39 is 36.7 Å². The Morgan fingerprint density at radius 1 is 1.11 bits per heavy atom. The predicted octanol–water partition coefficient (Wildman–Crippen LogP) is 4.20. The molecule has 0 saturated heterocycles. The fourth-order valence-corrected chi connectivity index (χ4v) is 2.46. The van der Waals surface area contributed by atoms with E-state index in [4.69, 9.17) is 0 Å². The van der Waals surface area contributed by atoms with E-state index in [1.54, 1.807) is 0 Å². The molecule has 0 aromatic rings. The maximum atomic E-state index is 12.5. The van der Waals surface area contributed by atoms with E-state index in [1.807, 2.05) is 0 Å². The van der Waals surface area contributed by atoms with Crippen LogP contribution in [0.5, 0.6) is 0 Å². The van der Waals surface area contributed by atoms with Gasteiger partial charge in [0, 0.05) is 6.42 Å². The van der Waals surface area contributed by atoms with Gasteiger partial charge in [-0.3, -0.25) is 0 Å². The Balaban J connectivity index is 2.48. The van der Waals surface area contributed by atoms with Crippen molar-refractivity contribution >= 4 is 0 Å². The van der Waals surface area contributed by atoms with Gasteiger partial charge in [0.25, 0.3) is 0 Å². The van der Waals surface area contributed by atoms with Gasteiger partial charge in [-0.1, -0.05) is 0 Å². The van der Waals surface area contributed by atoms with Gasteiger partial charge in [0.1, 0.15) is 0 Å². The van der Waals surface area contributed by atoms with E-state index in [0.717, 1.165) is 0 Å². The average molecular weight is 278 g/mol. The van der Waals surface area contributed by atoms with Crippen LogP contribution in [0.3, 0.4) is 0 Å². The predicted molar refractivity (Wildman–Crippen MR) is 52.9 cm³/mol. The molecule has 0 bridgehead atoms. The molecule has 1 fully saturated rings. The monoisotopic (exact) mass is 278 g/mol. The lowest BCUT2D eigenvalue weighted by Gasteiger charge is -2.37. The summed E-state index contributed by atoms with van der Waals surface area (Å²) in [5, 5.41) is 9.93. The molecule has 1 nitrogen and oxygen atoms in total. The number of halogens is 6. The summed E-state index contributed by atoms with van der Waals surface area (Å²) in [6, 6.07) is 0. The Morgan fingerprint density at radius 2 is 1.72 bits per heavy atom. The molecule has 0 spiro atoms. The van der Waals surface area contributed by atoms with Crippen LogP contribution in [0.4, 0.5) is 26.3 Å². The van der Waals surface area contributed by atoms with Gasteiger partial charge in [-0.15, -0.1) is 0 Å². The van der Waals surface area contributed by atoms with Crippen molar-refractivity contribution in [3.8, 4) is 0 Å². The molecule has 0 amide bonds. The van der Waals surface area contributed by atoms with E-state index in [9.17, 15) is 31.4 Å². The highest BCUT2D eigenvalue weighted by Gasteiger charge is 2.46. The minimum Gasteiger partial charge on any atom is -0.390 e. The van der Waals surface area contributed by atoms with Crippen molar-refractivity contribution in [1.29, 1.82) is 0 Å².